The molecular formula is C32H33N3O3. The molecule has 3 aromatic carbocycles. The van der Waals surface area contributed by atoms with Gasteiger partial charge in [-0.2, -0.15) is 0 Å². The molecule has 1 spiro atoms. The van der Waals surface area contributed by atoms with Crippen LogP contribution in [0, 0.1) is 31.6 Å². The molecule has 3 aliphatic heterocycles. The highest BCUT2D eigenvalue weighted by Crippen LogP contribution is 2.63. The third-order valence-corrected chi connectivity index (χ3v) is 8.50. The van der Waals surface area contributed by atoms with Crippen molar-refractivity contribution in [3.63, 3.8) is 0 Å². The van der Waals surface area contributed by atoms with E-state index in [0.29, 0.717) is 5.90 Å². The zero-order valence-electron chi connectivity index (χ0n) is 23.0. The Labute approximate surface area is 223 Å². The lowest BCUT2D eigenvalue weighted by Gasteiger charge is -2.62. The number of ether oxygens (including phenoxy) is 1. The molecule has 0 aliphatic carbocycles. The number of fused-ring (bicyclic) bond motifs is 2. The van der Waals surface area contributed by atoms with Crippen LogP contribution in [0.1, 0.15) is 49.9 Å². The van der Waals surface area contributed by atoms with Crippen LogP contribution in [-0.4, -0.2) is 23.9 Å². The average Bonchev–Trinajstić information content (AvgIpc) is 3.21. The van der Waals surface area contributed by atoms with Crippen molar-refractivity contribution in [1.29, 1.82) is 0 Å². The lowest BCUT2D eigenvalue weighted by molar-refractivity contribution is -0.151. The van der Waals surface area contributed by atoms with Gasteiger partial charge in [-0.05, 0) is 78.8 Å². The maximum absolute atomic E-state index is 13.8. The van der Waals surface area contributed by atoms with Crippen LogP contribution in [0.25, 0.3) is 0 Å². The van der Waals surface area contributed by atoms with E-state index in [0.717, 1.165) is 39.3 Å². The van der Waals surface area contributed by atoms with Crippen molar-refractivity contribution in [3.05, 3.63) is 89.0 Å². The highest BCUT2D eigenvalue weighted by molar-refractivity contribution is 6.20. The largest absolute Gasteiger partial charge is 0.453 e. The number of β-lactam (4-membered cyclic amide) rings is 2. The lowest BCUT2D eigenvalue weighted by atomic mass is 9.59. The summed E-state index contributed by atoms with van der Waals surface area (Å²) in [5.74, 6) is 0.448. The summed E-state index contributed by atoms with van der Waals surface area (Å²) in [4.78, 5) is 35.6. The van der Waals surface area contributed by atoms with Crippen LogP contribution in [0.5, 0.6) is 0 Å². The molecule has 6 rings (SSSR count). The minimum Gasteiger partial charge on any atom is -0.453 e. The first kappa shape index (κ1) is 24.4. The fraction of sp³-hybridized carbons (Fsp3) is 0.344. The maximum Gasteiger partial charge on any atom is 0.241 e. The quantitative estimate of drug-likeness (QED) is 0.389. The Morgan fingerprint density at radius 3 is 1.89 bits per heavy atom. The number of rotatable bonds is 3. The Bertz CT molecular complexity index is 1520. The molecule has 0 saturated carbocycles. The van der Waals surface area contributed by atoms with Crippen LogP contribution >= 0.6 is 0 Å². The number of nitrogens with zero attached hydrogens (tertiary/aromatic N) is 3. The maximum atomic E-state index is 13.8. The summed E-state index contributed by atoms with van der Waals surface area (Å²) >= 11 is 0. The van der Waals surface area contributed by atoms with E-state index in [4.69, 9.17) is 9.73 Å². The van der Waals surface area contributed by atoms with E-state index >= 15 is 0 Å². The monoisotopic (exact) mass is 507 g/mol. The third-order valence-electron chi connectivity index (χ3n) is 8.50. The molecule has 3 heterocycles. The summed E-state index contributed by atoms with van der Waals surface area (Å²) in [5.41, 5.74) is 4.12. The molecule has 2 amide bonds. The van der Waals surface area contributed by atoms with E-state index in [9.17, 15) is 9.59 Å². The molecule has 0 N–H and O–H groups in total. The molecule has 2 fully saturated rings. The molecule has 38 heavy (non-hydrogen) atoms. The number of carbonyl (C=O) groups is 2. The van der Waals surface area contributed by atoms with Gasteiger partial charge in [0.15, 0.2) is 11.8 Å². The van der Waals surface area contributed by atoms with E-state index in [1.807, 2.05) is 114 Å². The molecule has 0 bridgehead atoms. The average molecular weight is 508 g/mol. The standard InChI is InChI=1S/C32H33N3O3/c1-19-8-13-22(14-9-19)34-27(36)30(4,5)29(34)38-26-32(24-18-21(3)12-17-25(24)33-26)31(6,7)28(37)35(32)23-15-10-20(2)11-16-23/h8-18,29H,1-7H3/t29-,32-/m1/s1. The topological polar surface area (TPSA) is 62.2 Å². The molecule has 3 aliphatic rings. The normalized spacial score (nSPS) is 24.6. The summed E-state index contributed by atoms with van der Waals surface area (Å²) in [6, 6.07) is 22.0. The minimum atomic E-state index is -0.936. The number of anilines is 2. The van der Waals surface area contributed by atoms with Crippen LogP contribution in [0.4, 0.5) is 17.1 Å². The Balaban J connectivity index is 1.49. The number of aliphatic imine (C=N–C) groups is 1. The summed E-state index contributed by atoms with van der Waals surface area (Å²) in [5, 5.41) is 0. The van der Waals surface area contributed by atoms with Crippen LogP contribution in [0.3, 0.4) is 0 Å². The summed E-state index contributed by atoms with van der Waals surface area (Å²) in [6.45, 7) is 13.8. The van der Waals surface area contributed by atoms with Gasteiger partial charge in [0.05, 0.1) is 11.1 Å². The second-order valence-electron chi connectivity index (χ2n) is 12.0. The second-order valence-corrected chi connectivity index (χ2v) is 12.0. The van der Waals surface area contributed by atoms with Crippen molar-refractivity contribution < 1.29 is 14.3 Å². The summed E-state index contributed by atoms with van der Waals surface area (Å²) < 4.78 is 6.83. The fourth-order valence-corrected chi connectivity index (χ4v) is 6.14. The summed E-state index contributed by atoms with van der Waals surface area (Å²) in [7, 11) is 0. The fourth-order valence-electron chi connectivity index (χ4n) is 6.14. The predicted molar refractivity (Wildman–Crippen MR) is 150 cm³/mol. The van der Waals surface area contributed by atoms with Crippen LogP contribution in [-0.2, 0) is 19.9 Å². The van der Waals surface area contributed by atoms with Gasteiger partial charge in [-0.15, -0.1) is 0 Å². The third kappa shape index (κ3) is 2.97. The zero-order chi connectivity index (χ0) is 27.2. The van der Waals surface area contributed by atoms with Gasteiger partial charge in [-0.1, -0.05) is 53.1 Å². The molecule has 0 aromatic heterocycles. The molecule has 6 heteroatoms. The molecule has 2 saturated heterocycles. The molecule has 2 atom stereocenters. The molecule has 0 unspecified atom stereocenters. The Morgan fingerprint density at radius 2 is 1.29 bits per heavy atom. The first-order chi connectivity index (χ1) is 17.9. The summed E-state index contributed by atoms with van der Waals surface area (Å²) in [6.07, 6.45) is -0.574. The van der Waals surface area contributed by atoms with Crippen LogP contribution < -0.4 is 9.80 Å². The number of aryl methyl sites for hydroxylation is 3. The zero-order valence-corrected chi connectivity index (χ0v) is 23.0. The van der Waals surface area contributed by atoms with E-state index in [1.54, 1.807) is 4.90 Å². The molecular weight excluding hydrogens is 474 g/mol. The highest BCUT2D eigenvalue weighted by atomic mass is 16.5. The number of carbonyl (C=O) groups excluding carboxylic acids is 2. The predicted octanol–water partition coefficient (Wildman–Crippen LogP) is 6.34. The van der Waals surface area contributed by atoms with Gasteiger partial charge in [0, 0.05) is 16.9 Å². The van der Waals surface area contributed by atoms with Crippen LogP contribution in [0.15, 0.2) is 71.7 Å². The van der Waals surface area contributed by atoms with E-state index in [2.05, 4.69) is 6.07 Å². The number of benzene rings is 3. The van der Waals surface area contributed by atoms with Crippen molar-refractivity contribution in [2.45, 2.75) is 60.2 Å². The number of amides is 2. The van der Waals surface area contributed by atoms with Crippen molar-refractivity contribution in [2.75, 3.05) is 9.80 Å². The first-order valence-corrected chi connectivity index (χ1v) is 13.1. The second kappa shape index (κ2) is 7.79. The SMILES string of the molecule is Cc1ccc(N2C(=O)C(C)(C)[C@H]2OC2=Nc3ccc(C)cc3[C@@]23N(c2ccc(C)cc2)C(=O)C3(C)C)cc1. The first-order valence-electron chi connectivity index (χ1n) is 13.1. The van der Waals surface area contributed by atoms with Crippen molar-refractivity contribution >= 4 is 34.8 Å². The Hall–Kier alpha value is -3.93. The Kier molecular flexibility index (Phi) is 5.00. The molecule has 6 nitrogen and oxygen atoms in total. The molecule has 3 aromatic rings. The van der Waals surface area contributed by atoms with Gasteiger partial charge in [0.2, 0.25) is 17.7 Å². The van der Waals surface area contributed by atoms with Gasteiger partial charge >= 0.3 is 0 Å². The van der Waals surface area contributed by atoms with Crippen molar-refractivity contribution in [3.8, 4) is 0 Å². The molecule has 0 radical (unpaired) electrons. The van der Waals surface area contributed by atoms with Gasteiger partial charge in [-0.25, -0.2) is 4.99 Å². The van der Waals surface area contributed by atoms with Gasteiger partial charge in [0.25, 0.3) is 0 Å². The van der Waals surface area contributed by atoms with Crippen molar-refractivity contribution in [2.24, 2.45) is 15.8 Å². The van der Waals surface area contributed by atoms with Crippen molar-refractivity contribution in [1.82, 2.24) is 0 Å². The number of hydrogen-bond acceptors (Lipinski definition) is 4. The smallest absolute Gasteiger partial charge is 0.241 e. The van der Waals surface area contributed by atoms with Gasteiger partial charge in [0.1, 0.15) is 5.41 Å². The van der Waals surface area contributed by atoms with E-state index in [-0.39, 0.29) is 11.8 Å². The highest BCUT2D eigenvalue weighted by Gasteiger charge is 2.74. The lowest BCUT2D eigenvalue weighted by Crippen LogP contribution is -2.78. The molecule has 194 valence electrons. The van der Waals surface area contributed by atoms with Crippen LogP contribution in [0.2, 0.25) is 0 Å². The van der Waals surface area contributed by atoms with E-state index in [1.165, 1.54) is 0 Å². The van der Waals surface area contributed by atoms with Gasteiger partial charge < -0.3 is 4.74 Å². The van der Waals surface area contributed by atoms with Gasteiger partial charge in [-0.3, -0.25) is 19.4 Å². The number of hydrogen-bond donors (Lipinski definition) is 0. The Morgan fingerprint density at radius 1 is 0.737 bits per heavy atom. The minimum absolute atomic E-state index is 0.00588. The van der Waals surface area contributed by atoms with E-state index < -0.39 is 22.6 Å².